The number of amides is 1. The van der Waals surface area contributed by atoms with Crippen LogP contribution in [-0.2, 0) is 13.2 Å². The Labute approximate surface area is 202 Å². The number of nitrogens with zero attached hydrogens (tertiary/aromatic N) is 2. The van der Waals surface area contributed by atoms with Crippen LogP contribution in [0.1, 0.15) is 32.9 Å². The molecule has 0 unspecified atom stereocenters. The zero-order valence-electron chi connectivity index (χ0n) is 18.3. The van der Waals surface area contributed by atoms with Crippen molar-refractivity contribution in [3.8, 4) is 5.75 Å². The first-order valence-electron chi connectivity index (χ1n) is 10.5. The van der Waals surface area contributed by atoms with Crippen molar-refractivity contribution in [2.24, 2.45) is 0 Å². The summed E-state index contributed by atoms with van der Waals surface area (Å²) in [7, 11) is 0. The molecule has 0 bridgehead atoms. The van der Waals surface area contributed by atoms with Crippen LogP contribution in [0.2, 0.25) is 10.0 Å². The summed E-state index contributed by atoms with van der Waals surface area (Å²) in [6.07, 6.45) is 0. The Morgan fingerprint density at radius 3 is 2.52 bits per heavy atom. The summed E-state index contributed by atoms with van der Waals surface area (Å²) < 4.78 is 7.66. The molecule has 0 radical (unpaired) electrons. The molecule has 0 aliphatic heterocycles. The molecule has 1 heterocycles. The van der Waals surface area contributed by atoms with Crippen LogP contribution in [0.5, 0.6) is 5.75 Å². The predicted molar refractivity (Wildman–Crippen MR) is 132 cm³/mol. The van der Waals surface area contributed by atoms with Crippen LogP contribution in [0.4, 0.5) is 5.69 Å². The number of para-hydroxylation sites is 1. The van der Waals surface area contributed by atoms with Crippen LogP contribution < -0.4 is 10.1 Å². The summed E-state index contributed by atoms with van der Waals surface area (Å²) in [5, 5.41) is 8.84. The van der Waals surface area contributed by atoms with Crippen LogP contribution in [-0.4, -0.2) is 15.7 Å². The number of rotatable bonds is 7. The van der Waals surface area contributed by atoms with E-state index in [0.29, 0.717) is 40.2 Å². The first kappa shape index (κ1) is 22.9. The fourth-order valence-electron chi connectivity index (χ4n) is 3.55. The van der Waals surface area contributed by atoms with Crippen LogP contribution in [0.3, 0.4) is 0 Å². The number of aromatic nitrogens is 2. The van der Waals surface area contributed by atoms with Gasteiger partial charge in [-0.3, -0.25) is 9.48 Å². The Hall–Kier alpha value is -3.28. The van der Waals surface area contributed by atoms with Crippen molar-refractivity contribution in [1.29, 1.82) is 0 Å². The Morgan fingerprint density at radius 1 is 0.970 bits per heavy atom. The van der Waals surface area contributed by atoms with Crippen molar-refractivity contribution in [3.63, 3.8) is 0 Å². The van der Waals surface area contributed by atoms with Gasteiger partial charge in [0.1, 0.15) is 12.4 Å². The third-order valence-electron chi connectivity index (χ3n) is 5.26. The molecule has 1 amide bonds. The van der Waals surface area contributed by atoms with Crippen molar-refractivity contribution < 1.29 is 9.53 Å². The molecule has 33 heavy (non-hydrogen) atoms. The van der Waals surface area contributed by atoms with E-state index < -0.39 is 0 Å². The van der Waals surface area contributed by atoms with Gasteiger partial charge in [0.15, 0.2) is 0 Å². The molecule has 0 saturated heterocycles. The van der Waals surface area contributed by atoms with Gasteiger partial charge in [-0.05, 0) is 61.4 Å². The van der Waals surface area contributed by atoms with Gasteiger partial charge >= 0.3 is 0 Å². The average Bonchev–Trinajstić information content (AvgIpc) is 3.06. The van der Waals surface area contributed by atoms with Crippen LogP contribution in [0.15, 0.2) is 72.8 Å². The second-order valence-corrected chi connectivity index (χ2v) is 8.55. The molecule has 168 valence electrons. The smallest absolute Gasteiger partial charge is 0.255 e. The van der Waals surface area contributed by atoms with E-state index in [1.54, 1.807) is 12.1 Å². The Balaban J connectivity index is 1.46. The van der Waals surface area contributed by atoms with Gasteiger partial charge in [0.25, 0.3) is 5.91 Å². The molecule has 1 N–H and O–H groups in total. The highest BCUT2D eigenvalue weighted by molar-refractivity contribution is 6.32. The van der Waals surface area contributed by atoms with Gasteiger partial charge in [0.05, 0.1) is 28.6 Å². The minimum absolute atomic E-state index is 0.205. The van der Waals surface area contributed by atoms with Gasteiger partial charge in [-0.2, -0.15) is 5.10 Å². The van der Waals surface area contributed by atoms with E-state index in [1.165, 1.54) is 0 Å². The number of aryl methyl sites for hydroxylation is 1. The lowest BCUT2D eigenvalue weighted by atomic mass is 10.1. The number of halogens is 2. The van der Waals surface area contributed by atoms with Crippen molar-refractivity contribution in [3.05, 3.63) is 111 Å². The first-order chi connectivity index (χ1) is 15.9. The molecule has 4 rings (SSSR count). The van der Waals surface area contributed by atoms with Crippen LogP contribution in [0.25, 0.3) is 0 Å². The number of benzene rings is 3. The first-order valence-corrected chi connectivity index (χ1v) is 11.2. The van der Waals surface area contributed by atoms with E-state index >= 15 is 0 Å². The summed E-state index contributed by atoms with van der Waals surface area (Å²) in [5.74, 6) is 0.399. The Morgan fingerprint density at radius 2 is 1.73 bits per heavy atom. The molecule has 5 nitrogen and oxygen atoms in total. The standard InChI is InChI=1S/C26H23Cl2N3O2/c1-17-25(18(2)31(30-17)15-19-7-6-10-22(27)14-19)29-26(32)21-9-5-8-20(13-21)16-33-24-12-4-3-11-23(24)28/h3-14H,15-16H2,1-2H3,(H,29,32). The Bertz CT molecular complexity index is 1300. The van der Waals surface area contributed by atoms with Crippen molar-refractivity contribution in [1.82, 2.24) is 9.78 Å². The number of ether oxygens (including phenoxy) is 1. The van der Waals surface area contributed by atoms with E-state index in [2.05, 4.69) is 10.4 Å². The third-order valence-corrected chi connectivity index (χ3v) is 5.81. The molecule has 0 saturated carbocycles. The highest BCUT2D eigenvalue weighted by Crippen LogP contribution is 2.25. The average molecular weight is 480 g/mol. The van der Waals surface area contributed by atoms with Crippen molar-refractivity contribution >= 4 is 34.8 Å². The molecule has 0 atom stereocenters. The fraction of sp³-hybridized carbons (Fsp3) is 0.154. The fourth-order valence-corrected chi connectivity index (χ4v) is 3.95. The predicted octanol–water partition coefficient (Wildman–Crippen LogP) is 6.69. The lowest BCUT2D eigenvalue weighted by molar-refractivity contribution is 0.102. The highest BCUT2D eigenvalue weighted by Gasteiger charge is 2.16. The summed E-state index contributed by atoms with van der Waals surface area (Å²) >= 11 is 12.2. The monoisotopic (exact) mass is 479 g/mol. The van der Waals surface area contributed by atoms with Gasteiger partial charge in [-0.25, -0.2) is 0 Å². The third kappa shape index (κ3) is 5.56. The highest BCUT2D eigenvalue weighted by atomic mass is 35.5. The molecular weight excluding hydrogens is 457 g/mol. The molecule has 7 heteroatoms. The van der Waals surface area contributed by atoms with E-state index in [1.807, 2.05) is 79.2 Å². The van der Waals surface area contributed by atoms with Crippen molar-refractivity contribution in [2.75, 3.05) is 5.32 Å². The Kier molecular flexibility index (Phi) is 7.02. The number of hydrogen-bond acceptors (Lipinski definition) is 3. The van der Waals surface area contributed by atoms with Gasteiger partial charge in [0.2, 0.25) is 0 Å². The lowest BCUT2D eigenvalue weighted by Crippen LogP contribution is -2.14. The molecule has 1 aromatic heterocycles. The van der Waals surface area contributed by atoms with Gasteiger partial charge in [0, 0.05) is 10.6 Å². The van der Waals surface area contributed by atoms with Gasteiger partial charge in [-0.1, -0.05) is 59.6 Å². The number of carbonyl (C=O) groups excluding carboxylic acids is 1. The number of nitrogens with one attached hydrogen (secondary N) is 1. The van der Waals surface area contributed by atoms with E-state index in [4.69, 9.17) is 27.9 Å². The second kappa shape index (κ2) is 10.1. The summed E-state index contributed by atoms with van der Waals surface area (Å²) in [6, 6.07) is 22.3. The zero-order valence-corrected chi connectivity index (χ0v) is 19.8. The molecule has 0 aliphatic rings. The molecule has 0 spiro atoms. The minimum Gasteiger partial charge on any atom is -0.487 e. The zero-order chi connectivity index (χ0) is 23.4. The summed E-state index contributed by atoms with van der Waals surface area (Å²) in [6.45, 7) is 4.69. The van der Waals surface area contributed by atoms with E-state index in [0.717, 1.165) is 22.5 Å². The van der Waals surface area contributed by atoms with E-state index in [-0.39, 0.29) is 5.91 Å². The van der Waals surface area contributed by atoms with Crippen molar-refractivity contribution in [2.45, 2.75) is 27.0 Å². The maximum absolute atomic E-state index is 13.0. The topological polar surface area (TPSA) is 56.2 Å². The maximum atomic E-state index is 13.0. The van der Waals surface area contributed by atoms with E-state index in [9.17, 15) is 4.79 Å². The van der Waals surface area contributed by atoms with Gasteiger partial charge < -0.3 is 10.1 Å². The molecular formula is C26H23Cl2N3O2. The normalized spacial score (nSPS) is 10.8. The van der Waals surface area contributed by atoms with Gasteiger partial charge in [-0.15, -0.1) is 0 Å². The summed E-state index contributed by atoms with van der Waals surface area (Å²) in [5.41, 5.74) is 4.78. The minimum atomic E-state index is -0.205. The molecule has 3 aromatic carbocycles. The second-order valence-electron chi connectivity index (χ2n) is 7.71. The number of hydrogen-bond donors (Lipinski definition) is 1. The van der Waals surface area contributed by atoms with Crippen LogP contribution >= 0.6 is 23.2 Å². The number of anilines is 1. The number of carbonyl (C=O) groups is 1. The van der Waals surface area contributed by atoms with Crippen LogP contribution in [0, 0.1) is 13.8 Å². The molecule has 4 aromatic rings. The SMILES string of the molecule is Cc1nn(Cc2cccc(Cl)c2)c(C)c1NC(=O)c1cccc(COc2ccccc2Cl)c1. The summed E-state index contributed by atoms with van der Waals surface area (Å²) in [4.78, 5) is 13.0. The molecule has 0 aliphatic carbocycles. The molecule has 0 fully saturated rings. The maximum Gasteiger partial charge on any atom is 0.255 e. The largest absolute Gasteiger partial charge is 0.487 e. The quantitative estimate of drug-likeness (QED) is 0.321. The lowest BCUT2D eigenvalue weighted by Gasteiger charge is -2.10.